The summed E-state index contributed by atoms with van der Waals surface area (Å²) in [6, 6.07) is 0.611. The van der Waals surface area contributed by atoms with Gasteiger partial charge in [0.05, 0.1) is 6.04 Å². The SMILES string of the molecule is CN(C(=S)N[C@@H]1CC[S+](=O)(O)C1)C1CCCCC1. The Kier molecular flexibility index (Phi) is 4.61. The molecule has 0 aromatic heterocycles. The van der Waals surface area contributed by atoms with Crippen LogP contribution >= 0.6 is 12.2 Å². The first-order valence-corrected chi connectivity index (χ1v) is 8.99. The highest BCUT2D eigenvalue weighted by atomic mass is 32.3. The van der Waals surface area contributed by atoms with E-state index < -0.39 is 10.2 Å². The van der Waals surface area contributed by atoms with E-state index in [2.05, 4.69) is 10.2 Å². The lowest BCUT2D eigenvalue weighted by molar-refractivity contribution is 0.274. The van der Waals surface area contributed by atoms with Crippen molar-refractivity contribution in [3.63, 3.8) is 0 Å². The van der Waals surface area contributed by atoms with Crippen molar-refractivity contribution in [3.8, 4) is 0 Å². The monoisotopic (exact) mass is 291 g/mol. The third-order valence-electron chi connectivity index (χ3n) is 4.02. The van der Waals surface area contributed by atoms with Crippen LogP contribution in [0.4, 0.5) is 0 Å². The van der Waals surface area contributed by atoms with Crippen molar-refractivity contribution in [3.05, 3.63) is 0 Å². The smallest absolute Gasteiger partial charge is 0.216 e. The Morgan fingerprint density at radius 1 is 1.33 bits per heavy atom. The first-order chi connectivity index (χ1) is 8.48. The zero-order valence-corrected chi connectivity index (χ0v) is 12.6. The molecule has 1 aliphatic heterocycles. The van der Waals surface area contributed by atoms with E-state index in [4.69, 9.17) is 12.2 Å². The summed E-state index contributed by atoms with van der Waals surface area (Å²) < 4.78 is 21.0. The standard InChI is InChI=1S/C12H22N2O2S2/c1-14(11-5-3-2-4-6-11)12(17)13-10-7-8-18(15,16)9-10/h10-11H,2-9H2,1H3,(H-,13,15,16,17)/p+1/t10-/m1/s1. The van der Waals surface area contributed by atoms with E-state index in [-0.39, 0.29) is 6.04 Å². The summed E-state index contributed by atoms with van der Waals surface area (Å²) in [5.74, 6) is 0.742. The van der Waals surface area contributed by atoms with Gasteiger partial charge in [-0.25, -0.2) is 0 Å². The van der Waals surface area contributed by atoms with Gasteiger partial charge in [0.25, 0.3) is 0 Å². The summed E-state index contributed by atoms with van der Waals surface area (Å²) >= 11 is 5.41. The molecule has 1 unspecified atom stereocenters. The van der Waals surface area contributed by atoms with Crippen molar-refractivity contribution >= 4 is 27.5 Å². The van der Waals surface area contributed by atoms with Crippen molar-refractivity contribution in [2.75, 3.05) is 18.6 Å². The first kappa shape index (κ1) is 14.2. The van der Waals surface area contributed by atoms with Crippen LogP contribution in [0.15, 0.2) is 0 Å². The summed E-state index contributed by atoms with van der Waals surface area (Å²) in [6.45, 7) is 0. The highest BCUT2D eigenvalue weighted by Crippen LogP contribution is 2.22. The van der Waals surface area contributed by atoms with Gasteiger partial charge in [0, 0.05) is 19.5 Å². The number of rotatable bonds is 2. The van der Waals surface area contributed by atoms with Crippen LogP contribution < -0.4 is 5.32 Å². The lowest BCUT2D eigenvalue weighted by Gasteiger charge is -2.33. The van der Waals surface area contributed by atoms with Gasteiger partial charge < -0.3 is 10.2 Å². The molecule has 1 saturated carbocycles. The summed E-state index contributed by atoms with van der Waals surface area (Å²) in [5.41, 5.74) is 0. The van der Waals surface area contributed by atoms with E-state index in [1.165, 1.54) is 32.1 Å². The number of hydrogen-bond acceptors (Lipinski definition) is 2. The lowest BCUT2D eigenvalue weighted by Crippen LogP contribution is -2.48. The summed E-state index contributed by atoms with van der Waals surface area (Å²) in [5, 5.41) is 3.99. The van der Waals surface area contributed by atoms with Crippen LogP contribution in [0.2, 0.25) is 0 Å². The minimum Gasteiger partial charge on any atom is -0.355 e. The van der Waals surface area contributed by atoms with E-state index in [1.54, 1.807) is 0 Å². The second kappa shape index (κ2) is 5.84. The highest BCUT2D eigenvalue weighted by Gasteiger charge is 2.39. The Labute approximate surface area is 116 Å². The molecule has 104 valence electrons. The maximum Gasteiger partial charge on any atom is 0.216 e. The minimum absolute atomic E-state index is 0.0704. The quantitative estimate of drug-likeness (QED) is 0.601. The molecule has 2 N–H and O–H groups in total. The molecule has 0 aromatic carbocycles. The largest absolute Gasteiger partial charge is 0.355 e. The van der Waals surface area contributed by atoms with Crippen LogP contribution in [0.25, 0.3) is 0 Å². The molecule has 2 rings (SSSR count). The third kappa shape index (κ3) is 3.65. The van der Waals surface area contributed by atoms with Crippen LogP contribution in [0.5, 0.6) is 0 Å². The Balaban J connectivity index is 1.82. The molecular formula is C12H23N2O2S2+. The second-order valence-electron chi connectivity index (χ2n) is 5.48. The maximum absolute atomic E-state index is 11.5. The molecule has 1 aliphatic carbocycles. The van der Waals surface area contributed by atoms with Crippen molar-refractivity contribution in [1.82, 2.24) is 10.2 Å². The Bertz CT molecular complexity index is 356. The van der Waals surface area contributed by atoms with E-state index >= 15 is 0 Å². The van der Waals surface area contributed by atoms with Crippen molar-refractivity contribution in [2.24, 2.45) is 0 Å². The molecule has 18 heavy (non-hydrogen) atoms. The van der Waals surface area contributed by atoms with Crippen LogP contribution in [0.1, 0.15) is 38.5 Å². The first-order valence-electron chi connectivity index (χ1n) is 6.73. The fourth-order valence-corrected chi connectivity index (χ4v) is 4.85. The fraction of sp³-hybridized carbons (Fsp3) is 0.917. The van der Waals surface area contributed by atoms with Crippen molar-refractivity contribution < 1.29 is 8.76 Å². The minimum atomic E-state index is -2.58. The van der Waals surface area contributed by atoms with Gasteiger partial charge in [-0.1, -0.05) is 23.5 Å². The zero-order chi connectivity index (χ0) is 13.2. The number of nitrogens with zero attached hydrogens (tertiary/aromatic N) is 1. The van der Waals surface area contributed by atoms with E-state index in [1.807, 2.05) is 7.05 Å². The Hall–Kier alpha value is -0.200. The van der Waals surface area contributed by atoms with Crippen LogP contribution in [0.3, 0.4) is 0 Å². The van der Waals surface area contributed by atoms with Gasteiger partial charge in [0.1, 0.15) is 5.75 Å². The van der Waals surface area contributed by atoms with Crippen molar-refractivity contribution in [2.45, 2.75) is 50.6 Å². The Morgan fingerprint density at radius 3 is 2.56 bits per heavy atom. The third-order valence-corrected chi connectivity index (χ3v) is 6.22. The predicted molar refractivity (Wildman–Crippen MR) is 79.2 cm³/mol. The molecule has 0 aromatic rings. The molecule has 0 spiro atoms. The molecule has 4 nitrogen and oxygen atoms in total. The van der Waals surface area contributed by atoms with E-state index in [0.717, 1.165) is 11.5 Å². The second-order valence-corrected chi connectivity index (χ2v) is 8.15. The van der Waals surface area contributed by atoms with Gasteiger partial charge in [-0.2, -0.15) is 4.55 Å². The van der Waals surface area contributed by atoms with E-state index in [0.29, 0.717) is 17.5 Å². The average molecular weight is 291 g/mol. The van der Waals surface area contributed by atoms with Gasteiger partial charge in [0.15, 0.2) is 10.9 Å². The van der Waals surface area contributed by atoms with Crippen LogP contribution in [-0.4, -0.2) is 45.2 Å². The fourth-order valence-electron chi connectivity index (χ4n) is 2.83. The molecule has 0 radical (unpaired) electrons. The number of thiocarbonyl (C=S) groups is 1. The lowest BCUT2D eigenvalue weighted by atomic mass is 9.95. The molecule has 1 saturated heterocycles. The van der Waals surface area contributed by atoms with Crippen molar-refractivity contribution in [1.29, 1.82) is 0 Å². The summed E-state index contributed by atoms with van der Waals surface area (Å²) in [7, 11) is -0.544. The normalized spacial score (nSPS) is 33.3. The van der Waals surface area contributed by atoms with Gasteiger partial charge in [-0.05, 0) is 25.1 Å². The molecule has 1 heterocycles. The maximum atomic E-state index is 11.5. The van der Waals surface area contributed by atoms with Crippen LogP contribution in [-0.2, 0) is 14.4 Å². The molecule has 2 atom stereocenters. The van der Waals surface area contributed by atoms with Crippen LogP contribution in [0, 0.1) is 0 Å². The van der Waals surface area contributed by atoms with Gasteiger partial charge in [-0.3, -0.25) is 0 Å². The number of hydrogen-bond donors (Lipinski definition) is 2. The van der Waals surface area contributed by atoms with Gasteiger partial charge in [-0.15, -0.1) is 0 Å². The molecule has 2 aliphatic rings. The van der Waals surface area contributed by atoms with Gasteiger partial charge >= 0.3 is 0 Å². The molecular weight excluding hydrogens is 268 g/mol. The van der Waals surface area contributed by atoms with Gasteiger partial charge in [0.2, 0.25) is 10.2 Å². The Morgan fingerprint density at radius 2 is 2.00 bits per heavy atom. The molecule has 0 amide bonds. The summed E-state index contributed by atoms with van der Waals surface area (Å²) in [4.78, 5) is 2.14. The summed E-state index contributed by atoms with van der Waals surface area (Å²) in [6.07, 6.45) is 7.06. The highest BCUT2D eigenvalue weighted by molar-refractivity contribution is 7.98. The topological polar surface area (TPSA) is 52.6 Å². The zero-order valence-electron chi connectivity index (χ0n) is 10.9. The molecule has 2 fully saturated rings. The molecule has 0 bridgehead atoms. The van der Waals surface area contributed by atoms with E-state index in [9.17, 15) is 8.76 Å². The molecule has 6 heteroatoms. The predicted octanol–water partition coefficient (Wildman–Crippen LogP) is 1.87. The average Bonchev–Trinajstić information content (AvgIpc) is 2.68. The number of nitrogens with one attached hydrogen (secondary N) is 1.